The average Bonchev–Trinajstić information content (AvgIpc) is 2.74. The Balaban J connectivity index is 1.46. The average molecular weight is 396 g/mol. The van der Waals surface area contributed by atoms with Gasteiger partial charge in [-0.05, 0) is 29.8 Å². The first-order valence-electron chi connectivity index (χ1n) is 10.1. The van der Waals surface area contributed by atoms with Crippen LogP contribution < -0.4 is 9.80 Å². The number of amides is 2. The number of rotatable bonds is 6. The maximum Gasteiger partial charge on any atom is 0.277 e. The molecule has 0 unspecified atom stereocenters. The van der Waals surface area contributed by atoms with Crippen LogP contribution in [0, 0.1) is 0 Å². The molecule has 2 amide bonds. The van der Waals surface area contributed by atoms with Gasteiger partial charge in [-0.3, -0.25) is 9.59 Å². The van der Waals surface area contributed by atoms with E-state index in [2.05, 4.69) is 29.2 Å². The van der Waals surface area contributed by atoms with Crippen molar-refractivity contribution in [1.82, 2.24) is 9.80 Å². The van der Waals surface area contributed by atoms with Gasteiger partial charge in [0, 0.05) is 38.9 Å². The smallest absolute Gasteiger partial charge is 0.277 e. The Labute approximate surface area is 173 Å². The number of carbonyl (C=O) groups excluding carboxylic acids is 2. The Morgan fingerprint density at radius 3 is 2.14 bits per heavy atom. The summed E-state index contributed by atoms with van der Waals surface area (Å²) in [6.45, 7) is 4.06. The Kier molecular flexibility index (Phi) is 6.88. The Morgan fingerprint density at radius 1 is 0.931 bits per heavy atom. The Bertz CT molecular complexity index is 813. The molecule has 0 aromatic heterocycles. The zero-order chi connectivity index (χ0) is 20.8. The summed E-state index contributed by atoms with van der Waals surface area (Å²) in [6, 6.07) is 17.7. The van der Waals surface area contributed by atoms with Crippen LogP contribution in [0.5, 0.6) is 0 Å². The van der Waals surface area contributed by atoms with Crippen LogP contribution in [0.15, 0.2) is 54.6 Å². The van der Waals surface area contributed by atoms with Gasteiger partial charge in [0.2, 0.25) is 0 Å². The zero-order valence-electron chi connectivity index (χ0n) is 17.6. The SMILES string of the molecule is CN(Cc1ccc(N(C)C)cc1)C(=O)C[NH+]1CCN(C(=O)c2ccccc2)CC1. The molecule has 29 heavy (non-hydrogen) atoms. The third kappa shape index (κ3) is 5.57. The van der Waals surface area contributed by atoms with E-state index >= 15 is 0 Å². The van der Waals surface area contributed by atoms with Crippen LogP contribution in [0.1, 0.15) is 15.9 Å². The number of benzene rings is 2. The van der Waals surface area contributed by atoms with Crippen LogP contribution in [0.25, 0.3) is 0 Å². The van der Waals surface area contributed by atoms with Crippen molar-refractivity contribution in [2.75, 3.05) is 58.8 Å². The Morgan fingerprint density at radius 2 is 1.55 bits per heavy atom. The van der Waals surface area contributed by atoms with Crippen molar-refractivity contribution < 1.29 is 14.5 Å². The molecule has 0 atom stereocenters. The number of quaternary nitrogens is 1. The fraction of sp³-hybridized carbons (Fsp3) is 0.391. The van der Waals surface area contributed by atoms with Gasteiger partial charge >= 0.3 is 0 Å². The van der Waals surface area contributed by atoms with E-state index in [4.69, 9.17) is 0 Å². The minimum Gasteiger partial charge on any atom is -0.378 e. The lowest BCUT2D eigenvalue weighted by Crippen LogP contribution is -3.15. The first-order valence-corrected chi connectivity index (χ1v) is 10.1. The second kappa shape index (κ2) is 9.56. The highest BCUT2D eigenvalue weighted by molar-refractivity contribution is 5.94. The van der Waals surface area contributed by atoms with Crippen molar-refractivity contribution in [3.63, 3.8) is 0 Å². The van der Waals surface area contributed by atoms with Gasteiger partial charge in [0.25, 0.3) is 11.8 Å². The largest absolute Gasteiger partial charge is 0.378 e. The standard InChI is InChI=1S/C23H30N4O2/c1-24(2)21-11-9-19(10-12-21)17-25(3)22(28)18-26-13-15-27(16-14-26)23(29)20-7-5-4-6-8-20/h4-12H,13-18H2,1-3H3/p+1. The highest BCUT2D eigenvalue weighted by Gasteiger charge is 2.26. The third-order valence-corrected chi connectivity index (χ3v) is 5.48. The van der Waals surface area contributed by atoms with Crippen LogP contribution >= 0.6 is 0 Å². The number of anilines is 1. The normalized spacial score (nSPS) is 14.5. The summed E-state index contributed by atoms with van der Waals surface area (Å²) in [5, 5.41) is 0. The lowest BCUT2D eigenvalue weighted by Gasteiger charge is -2.32. The molecule has 0 aliphatic carbocycles. The van der Waals surface area contributed by atoms with Gasteiger partial charge in [-0.1, -0.05) is 30.3 Å². The first-order chi connectivity index (χ1) is 13.9. The quantitative estimate of drug-likeness (QED) is 0.785. The Hall–Kier alpha value is -2.86. The van der Waals surface area contributed by atoms with Gasteiger partial charge in [0.1, 0.15) is 0 Å². The van der Waals surface area contributed by atoms with Crippen LogP contribution in [0.4, 0.5) is 5.69 Å². The lowest BCUT2D eigenvalue weighted by molar-refractivity contribution is -0.896. The van der Waals surface area contributed by atoms with Crippen molar-refractivity contribution in [2.24, 2.45) is 0 Å². The predicted octanol–water partition coefficient (Wildman–Crippen LogP) is 0.752. The van der Waals surface area contributed by atoms with Gasteiger partial charge in [-0.15, -0.1) is 0 Å². The molecular formula is C23H31N4O2+. The molecule has 1 fully saturated rings. The summed E-state index contributed by atoms with van der Waals surface area (Å²) < 4.78 is 0. The van der Waals surface area contributed by atoms with E-state index < -0.39 is 0 Å². The lowest BCUT2D eigenvalue weighted by atomic mass is 10.2. The van der Waals surface area contributed by atoms with E-state index in [1.54, 1.807) is 4.90 Å². The van der Waals surface area contributed by atoms with Gasteiger partial charge in [0.05, 0.1) is 26.2 Å². The minimum absolute atomic E-state index is 0.0780. The van der Waals surface area contributed by atoms with Crippen molar-refractivity contribution >= 4 is 17.5 Å². The molecule has 2 aromatic rings. The second-order valence-corrected chi connectivity index (χ2v) is 7.90. The molecule has 2 aromatic carbocycles. The van der Waals surface area contributed by atoms with E-state index in [0.29, 0.717) is 26.2 Å². The maximum atomic E-state index is 12.6. The highest BCUT2D eigenvalue weighted by Crippen LogP contribution is 2.13. The maximum absolute atomic E-state index is 12.6. The van der Waals surface area contributed by atoms with Crippen molar-refractivity contribution in [3.05, 3.63) is 65.7 Å². The molecule has 0 radical (unpaired) electrons. The van der Waals surface area contributed by atoms with Gasteiger partial charge in [-0.2, -0.15) is 0 Å². The summed E-state index contributed by atoms with van der Waals surface area (Å²) in [7, 11) is 5.89. The van der Waals surface area contributed by atoms with E-state index in [0.717, 1.165) is 29.9 Å². The molecule has 154 valence electrons. The van der Waals surface area contributed by atoms with Crippen molar-refractivity contribution in [3.8, 4) is 0 Å². The molecule has 1 aliphatic heterocycles. The van der Waals surface area contributed by atoms with Gasteiger partial charge in [0.15, 0.2) is 6.54 Å². The molecule has 6 heteroatoms. The molecule has 0 spiro atoms. The molecule has 1 N–H and O–H groups in total. The summed E-state index contributed by atoms with van der Waals surface area (Å²) >= 11 is 0. The number of hydrogen-bond acceptors (Lipinski definition) is 3. The van der Waals surface area contributed by atoms with Gasteiger partial charge < -0.3 is 19.6 Å². The number of likely N-dealkylation sites (N-methyl/N-ethyl adjacent to an activating group) is 1. The number of hydrogen-bond donors (Lipinski definition) is 1. The van der Waals surface area contributed by atoms with Crippen molar-refractivity contribution in [2.45, 2.75) is 6.54 Å². The fourth-order valence-electron chi connectivity index (χ4n) is 3.58. The first kappa shape index (κ1) is 20.9. The third-order valence-electron chi connectivity index (χ3n) is 5.48. The van der Waals surface area contributed by atoms with E-state index in [1.165, 1.54) is 4.90 Å². The summed E-state index contributed by atoms with van der Waals surface area (Å²) in [5.74, 6) is 0.216. The molecule has 0 saturated carbocycles. The molecular weight excluding hydrogens is 364 g/mol. The van der Waals surface area contributed by atoms with Crippen molar-refractivity contribution in [1.29, 1.82) is 0 Å². The fourth-order valence-corrected chi connectivity index (χ4v) is 3.58. The number of nitrogens with one attached hydrogen (secondary N) is 1. The van der Waals surface area contributed by atoms with Crippen LogP contribution in [0.3, 0.4) is 0 Å². The minimum atomic E-state index is 0.0780. The van der Waals surface area contributed by atoms with E-state index in [1.807, 2.05) is 56.4 Å². The van der Waals surface area contributed by atoms with E-state index in [9.17, 15) is 9.59 Å². The zero-order valence-corrected chi connectivity index (χ0v) is 17.6. The highest BCUT2D eigenvalue weighted by atomic mass is 16.2. The summed E-state index contributed by atoms with van der Waals surface area (Å²) in [4.78, 5) is 32.2. The predicted molar refractivity (Wildman–Crippen MR) is 115 cm³/mol. The topological polar surface area (TPSA) is 48.3 Å². The van der Waals surface area contributed by atoms with Crippen LogP contribution in [0.2, 0.25) is 0 Å². The number of nitrogens with zero attached hydrogens (tertiary/aromatic N) is 3. The molecule has 1 heterocycles. The number of piperazine rings is 1. The molecule has 6 nitrogen and oxygen atoms in total. The van der Waals surface area contributed by atoms with Crippen LogP contribution in [-0.2, 0) is 11.3 Å². The van der Waals surface area contributed by atoms with Crippen LogP contribution in [-0.4, -0.2) is 75.5 Å². The summed E-state index contributed by atoms with van der Waals surface area (Å²) in [5.41, 5.74) is 3.00. The monoisotopic (exact) mass is 395 g/mol. The molecule has 3 rings (SSSR count). The summed E-state index contributed by atoms with van der Waals surface area (Å²) in [6.07, 6.45) is 0. The van der Waals surface area contributed by atoms with E-state index in [-0.39, 0.29) is 11.8 Å². The van der Waals surface area contributed by atoms with Gasteiger partial charge in [-0.25, -0.2) is 0 Å². The molecule has 0 bridgehead atoms. The second-order valence-electron chi connectivity index (χ2n) is 7.90. The molecule has 1 aliphatic rings. The number of carbonyl (C=O) groups is 2. The molecule has 1 saturated heterocycles.